The Balaban J connectivity index is 1.76. The van der Waals surface area contributed by atoms with E-state index in [4.69, 9.17) is 4.42 Å². The van der Waals surface area contributed by atoms with Crippen LogP contribution in [0.15, 0.2) is 29.1 Å². The van der Waals surface area contributed by atoms with Crippen molar-refractivity contribution in [2.45, 2.75) is 6.42 Å². The molecule has 68 valence electrons. The number of hydrogen-bond acceptors (Lipinski definition) is 5. The minimum absolute atomic E-state index is 0.822. The first-order valence-corrected chi connectivity index (χ1v) is 4.75. The van der Waals surface area contributed by atoms with Crippen LogP contribution < -0.4 is 5.32 Å². The zero-order valence-corrected chi connectivity index (χ0v) is 7.75. The van der Waals surface area contributed by atoms with E-state index in [1.165, 1.54) is 11.5 Å². The van der Waals surface area contributed by atoms with Gasteiger partial charge in [0.15, 0.2) is 0 Å². The van der Waals surface area contributed by atoms with E-state index in [0.717, 1.165) is 23.9 Å². The quantitative estimate of drug-likeness (QED) is 0.808. The van der Waals surface area contributed by atoms with Crippen molar-refractivity contribution in [3.05, 3.63) is 30.5 Å². The highest BCUT2D eigenvalue weighted by Crippen LogP contribution is 2.07. The van der Waals surface area contributed by atoms with Crippen LogP contribution in [0.4, 0.5) is 5.13 Å². The minimum atomic E-state index is 0.822. The maximum absolute atomic E-state index is 5.18. The van der Waals surface area contributed by atoms with E-state index in [-0.39, 0.29) is 0 Å². The molecule has 2 aromatic rings. The zero-order valence-electron chi connectivity index (χ0n) is 6.93. The third-order valence-electron chi connectivity index (χ3n) is 1.59. The highest BCUT2D eigenvalue weighted by atomic mass is 32.1. The first-order valence-electron chi connectivity index (χ1n) is 3.98. The normalized spacial score (nSPS) is 10.2. The van der Waals surface area contributed by atoms with Crippen LogP contribution in [0.3, 0.4) is 0 Å². The molecule has 0 aromatic carbocycles. The Morgan fingerprint density at radius 1 is 1.54 bits per heavy atom. The molecule has 0 aliphatic rings. The summed E-state index contributed by atoms with van der Waals surface area (Å²) in [5.74, 6) is 0.983. The highest BCUT2D eigenvalue weighted by Gasteiger charge is 1.97. The van der Waals surface area contributed by atoms with Gasteiger partial charge < -0.3 is 9.73 Å². The van der Waals surface area contributed by atoms with Crippen LogP contribution in [0.5, 0.6) is 0 Å². The lowest BCUT2D eigenvalue weighted by molar-refractivity contribution is 0.513. The van der Waals surface area contributed by atoms with E-state index >= 15 is 0 Å². The fraction of sp³-hybridized carbons (Fsp3) is 0.250. The molecule has 2 rings (SSSR count). The molecule has 0 saturated heterocycles. The van der Waals surface area contributed by atoms with Crippen molar-refractivity contribution in [1.29, 1.82) is 0 Å². The number of nitrogens with one attached hydrogen (secondary N) is 1. The van der Waals surface area contributed by atoms with Crippen molar-refractivity contribution < 1.29 is 4.42 Å². The summed E-state index contributed by atoms with van der Waals surface area (Å²) in [6.07, 6.45) is 4.09. The molecule has 0 bridgehead atoms. The van der Waals surface area contributed by atoms with Gasteiger partial charge in [0.25, 0.3) is 0 Å². The molecule has 0 radical (unpaired) electrons. The number of nitrogens with zero attached hydrogens (tertiary/aromatic N) is 2. The molecule has 2 heterocycles. The molecule has 0 aliphatic carbocycles. The lowest BCUT2D eigenvalue weighted by Crippen LogP contribution is -2.03. The van der Waals surface area contributed by atoms with Crippen LogP contribution in [0.1, 0.15) is 5.76 Å². The second-order valence-corrected chi connectivity index (χ2v) is 3.28. The largest absolute Gasteiger partial charge is 0.469 e. The molecule has 0 atom stereocenters. The lowest BCUT2D eigenvalue weighted by Gasteiger charge is -1.98. The average Bonchev–Trinajstić information content (AvgIpc) is 2.75. The van der Waals surface area contributed by atoms with Gasteiger partial charge in [-0.3, -0.25) is 0 Å². The first kappa shape index (κ1) is 8.25. The second-order valence-electron chi connectivity index (χ2n) is 2.50. The van der Waals surface area contributed by atoms with Crippen LogP contribution >= 0.6 is 11.5 Å². The van der Waals surface area contributed by atoms with Crippen molar-refractivity contribution >= 4 is 16.7 Å². The van der Waals surface area contributed by atoms with Gasteiger partial charge in [0, 0.05) is 24.5 Å². The third-order valence-corrected chi connectivity index (χ3v) is 2.21. The monoisotopic (exact) mass is 195 g/mol. The minimum Gasteiger partial charge on any atom is -0.469 e. The Hall–Kier alpha value is -1.36. The second kappa shape index (κ2) is 4.04. The van der Waals surface area contributed by atoms with Gasteiger partial charge in [0.1, 0.15) is 12.1 Å². The van der Waals surface area contributed by atoms with Crippen molar-refractivity contribution in [2.24, 2.45) is 0 Å². The topological polar surface area (TPSA) is 51.0 Å². The molecule has 1 N–H and O–H groups in total. The lowest BCUT2D eigenvalue weighted by atomic mass is 10.3. The first-order chi connectivity index (χ1) is 6.45. The molecule has 5 heteroatoms. The van der Waals surface area contributed by atoms with Crippen LogP contribution in [-0.2, 0) is 6.42 Å². The molecule has 0 saturated carbocycles. The van der Waals surface area contributed by atoms with Gasteiger partial charge in [-0.2, -0.15) is 4.37 Å². The zero-order chi connectivity index (χ0) is 8.93. The van der Waals surface area contributed by atoms with Gasteiger partial charge >= 0.3 is 0 Å². The van der Waals surface area contributed by atoms with Crippen LogP contribution in [0.25, 0.3) is 0 Å². The summed E-state index contributed by atoms with van der Waals surface area (Å²) in [5, 5.41) is 4.00. The Kier molecular flexibility index (Phi) is 2.56. The fourth-order valence-corrected chi connectivity index (χ4v) is 1.45. The number of furan rings is 1. The maximum atomic E-state index is 5.18. The third kappa shape index (κ3) is 2.29. The maximum Gasteiger partial charge on any atom is 0.202 e. The smallest absolute Gasteiger partial charge is 0.202 e. The van der Waals surface area contributed by atoms with Gasteiger partial charge in [-0.05, 0) is 12.1 Å². The van der Waals surface area contributed by atoms with Crippen LogP contribution in [-0.4, -0.2) is 15.9 Å². The summed E-state index contributed by atoms with van der Waals surface area (Å²) in [7, 11) is 0. The molecule has 0 fully saturated rings. The van der Waals surface area contributed by atoms with Gasteiger partial charge in [-0.1, -0.05) is 0 Å². The standard InChI is InChI=1S/C8H9N3OS/c1-2-7(12-5-1)3-4-9-8-10-6-11-13-8/h1-2,5-6H,3-4H2,(H,9,10,11). The van der Waals surface area contributed by atoms with Crippen LogP contribution in [0.2, 0.25) is 0 Å². The summed E-state index contributed by atoms with van der Waals surface area (Å²) in [4.78, 5) is 4.00. The fourth-order valence-electron chi connectivity index (χ4n) is 0.998. The molecule has 4 nitrogen and oxygen atoms in total. The predicted molar refractivity (Wildman–Crippen MR) is 50.8 cm³/mol. The van der Waals surface area contributed by atoms with E-state index in [2.05, 4.69) is 14.7 Å². The van der Waals surface area contributed by atoms with E-state index in [1.54, 1.807) is 12.6 Å². The van der Waals surface area contributed by atoms with Gasteiger partial charge in [0.05, 0.1) is 6.26 Å². The summed E-state index contributed by atoms with van der Waals surface area (Å²) in [6, 6.07) is 3.85. The van der Waals surface area contributed by atoms with Gasteiger partial charge in [-0.25, -0.2) is 4.98 Å². The highest BCUT2D eigenvalue weighted by molar-refractivity contribution is 7.09. The Morgan fingerprint density at radius 2 is 2.54 bits per heavy atom. The van der Waals surface area contributed by atoms with Crippen molar-refractivity contribution in [1.82, 2.24) is 9.36 Å². The molecular formula is C8H9N3OS. The molecule has 0 spiro atoms. The Labute approximate surface area is 79.8 Å². The molecule has 2 aromatic heterocycles. The molecular weight excluding hydrogens is 186 g/mol. The average molecular weight is 195 g/mol. The molecule has 0 unspecified atom stereocenters. The van der Waals surface area contributed by atoms with E-state index in [9.17, 15) is 0 Å². The summed E-state index contributed by atoms with van der Waals surface area (Å²) in [6.45, 7) is 0.822. The number of rotatable bonds is 4. The SMILES string of the molecule is c1coc(CCNc2ncns2)c1. The predicted octanol–water partition coefficient (Wildman–Crippen LogP) is 1.79. The Morgan fingerprint density at radius 3 is 3.23 bits per heavy atom. The van der Waals surface area contributed by atoms with Crippen molar-refractivity contribution in [2.75, 3.05) is 11.9 Å². The van der Waals surface area contributed by atoms with Gasteiger partial charge in [-0.15, -0.1) is 0 Å². The molecule has 0 amide bonds. The van der Waals surface area contributed by atoms with E-state index in [1.807, 2.05) is 12.1 Å². The van der Waals surface area contributed by atoms with Crippen LogP contribution in [0, 0.1) is 0 Å². The molecule has 13 heavy (non-hydrogen) atoms. The summed E-state index contributed by atoms with van der Waals surface area (Å²) in [5.41, 5.74) is 0. The van der Waals surface area contributed by atoms with E-state index < -0.39 is 0 Å². The molecule has 0 aliphatic heterocycles. The van der Waals surface area contributed by atoms with E-state index in [0.29, 0.717) is 0 Å². The van der Waals surface area contributed by atoms with Gasteiger partial charge in [0.2, 0.25) is 5.13 Å². The number of anilines is 1. The van der Waals surface area contributed by atoms with Crippen molar-refractivity contribution in [3.8, 4) is 0 Å². The van der Waals surface area contributed by atoms with Crippen molar-refractivity contribution in [3.63, 3.8) is 0 Å². The Bertz CT molecular complexity index is 296. The number of hydrogen-bond donors (Lipinski definition) is 1. The summed E-state index contributed by atoms with van der Waals surface area (Å²) >= 11 is 1.36. The summed E-state index contributed by atoms with van der Waals surface area (Å²) < 4.78 is 9.06. The number of aromatic nitrogens is 2.